The normalized spacial score (nSPS) is 40.1. The van der Waals surface area contributed by atoms with Crippen molar-refractivity contribution in [3.05, 3.63) is 34.9 Å². The average molecular weight is 427 g/mol. The number of aliphatic hydroxyl groups excluding tert-OH is 1. The van der Waals surface area contributed by atoms with E-state index in [0.717, 1.165) is 11.1 Å². The molecule has 6 atom stereocenters. The highest BCUT2D eigenvalue weighted by Gasteiger charge is 2.64. The van der Waals surface area contributed by atoms with Crippen molar-refractivity contribution in [2.24, 2.45) is 22.7 Å². The Hall–Kier alpha value is -2.34. The van der Waals surface area contributed by atoms with E-state index in [1.165, 1.54) is 6.07 Å². The molecule has 2 N–H and O–H groups in total. The van der Waals surface area contributed by atoms with Crippen LogP contribution in [-0.2, 0) is 22.4 Å². The van der Waals surface area contributed by atoms with Gasteiger partial charge in [0.15, 0.2) is 5.78 Å². The maximum absolute atomic E-state index is 12.7. The van der Waals surface area contributed by atoms with Crippen LogP contribution >= 0.6 is 0 Å². The lowest BCUT2D eigenvalue weighted by atomic mass is 9.45. The van der Waals surface area contributed by atoms with Crippen LogP contribution in [0, 0.1) is 22.7 Å². The molecule has 0 radical (unpaired) electrons. The molecule has 2 aliphatic carbocycles. The van der Waals surface area contributed by atoms with Gasteiger partial charge < -0.3 is 19.7 Å². The van der Waals surface area contributed by atoms with Crippen molar-refractivity contribution in [1.29, 1.82) is 0 Å². The number of hydrogen-bond donors (Lipinski definition) is 2. The molecule has 31 heavy (non-hydrogen) atoms. The molecule has 1 fully saturated rings. The van der Waals surface area contributed by atoms with Crippen LogP contribution in [0.1, 0.15) is 62.5 Å². The zero-order valence-corrected chi connectivity index (χ0v) is 18.7. The van der Waals surface area contributed by atoms with E-state index in [1.54, 1.807) is 6.08 Å². The zero-order valence-electron chi connectivity index (χ0n) is 18.7. The Kier molecular flexibility index (Phi) is 4.06. The van der Waals surface area contributed by atoms with E-state index in [2.05, 4.69) is 6.92 Å². The van der Waals surface area contributed by atoms with Crippen LogP contribution in [0.3, 0.4) is 0 Å². The van der Waals surface area contributed by atoms with Crippen LogP contribution in [0.25, 0.3) is 0 Å². The summed E-state index contributed by atoms with van der Waals surface area (Å²) in [7, 11) is 0. The molecule has 6 heteroatoms. The van der Waals surface area contributed by atoms with E-state index in [0.29, 0.717) is 25.0 Å². The van der Waals surface area contributed by atoms with E-state index < -0.39 is 23.1 Å². The quantitative estimate of drug-likeness (QED) is 0.618. The molecule has 6 unspecified atom stereocenters. The SMILES string of the molecule is CC1Cc2c3c(cc(O)c2C(=O)O1)OC1(C)C(O)CC2C(C)(C)C(=O)C=CC2(C)C1C3. The van der Waals surface area contributed by atoms with Gasteiger partial charge >= 0.3 is 5.97 Å². The molecular formula is C25H30O6. The zero-order chi connectivity index (χ0) is 22.5. The predicted molar refractivity (Wildman–Crippen MR) is 113 cm³/mol. The first kappa shape index (κ1) is 20.6. The summed E-state index contributed by atoms with van der Waals surface area (Å²) in [6.07, 6.45) is 4.21. The Labute approximate surface area is 182 Å². The molecule has 0 bridgehead atoms. The summed E-state index contributed by atoms with van der Waals surface area (Å²) >= 11 is 0. The summed E-state index contributed by atoms with van der Waals surface area (Å²) in [6, 6.07) is 1.48. The number of carbonyl (C=O) groups is 2. The van der Waals surface area contributed by atoms with Gasteiger partial charge in [0, 0.05) is 23.8 Å². The summed E-state index contributed by atoms with van der Waals surface area (Å²) in [6.45, 7) is 9.86. The summed E-state index contributed by atoms with van der Waals surface area (Å²) in [5.41, 5.74) is 0.0671. The Morgan fingerprint density at radius 1 is 1.06 bits per heavy atom. The molecule has 166 valence electrons. The number of phenols is 1. The van der Waals surface area contributed by atoms with Crippen LogP contribution in [-0.4, -0.2) is 39.8 Å². The third-order valence-corrected chi connectivity index (χ3v) is 8.64. The highest BCUT2D eigenvalue weighted by molar-refractivity contribution is 5.96. The van der Waals surface area contributed by atoms with Crippen molar-refractivity contribution < 1.29 is 29.3 Å². The van der Waals surface area contributed by atoms with Gasteiger partial charge in [-0.3, -0.25) is 4.79 Å². The van der Waals surface area contributed by atoms with Gasteiger partial charge in [0.25, 0.3) is 0 Å². The minimum Gasteiger partial charge on any atom is -0.507 e. The van der Waals surface area contributed by atoms with Crippen LogP contribution in [0.5, 0.6) is 11.5 Å². The lowest BCUT2D eigenvalue weighted by Gasteiger charge is -2.62. The molecule has 5 rings (SSSR count). The Balaban J connectivity index is 1.69. The molecule has 1 aromatic rings. The van der Waals surface area contributed by atoms with Crippen molar-refractivity contribution in [2.75, 3.05) is 0 Å². The van der Waals surface area contributed by atoms with E-state index in [4.69, 9.17) is 9.47 Å². The monoisotopic (exact) mass is 426 g/mol. The molecule has 0 saturated heterocycles. The Bertz CT molecular complexity index is 1040. The second kappa shape index (κ2) is 6.12. The summed E-state index contributed by atoms with van der Waals surface area (Å²) in [5.74, 6) is -0.194. The van der Waals surface area contributed by atoms with E-state index >= 15 is 0 Å². The van der Waals surface area contributed by atoms with Gasteiger partial charge in [-0.2, -0.15) is 0 Å². The molecule has 0 spiro atoms. The predicted octanol–water partition coefficient (Wildman–Crippen LogP) is 3.36. The third-order valence-electron chi connectivity index (χ3n) is 8.64. The second-order valence-electron chi connectivity index (χ2n) is 10.8. The number of esters is 1. The van der Waals surface area contributed by atoms with Crippen molar-refractivity contribution in [3.8, 4) is 11.5 Å². The number of ketones is 1. The molecule has 0 amide bonds. The largest absolute Gasteiger partial charge is 0.507 e. The lowest BCUT2D eigenvalue weighted by Crippen LogP contribution is -2.67. The highest BCUT2D eigenvalue weighted by atomic mass is 16.5. The molecule has 6 nitrogen and oxygen atoms in total. The Morgan fingerprint density at radius 2 is 1.77 bits per heavy atom. The maximum atomic E-state index is 12.7. The Morgan fingerprint density at radius 3 is 2.48 bits per heavy atom. The lowest BCUT2D eigenvalue weighted by molar-refractivity contribution is -0.190. The first-order valence-electron chi connectivity index (χ1n) is 11.1. The van der Waals surface area contributed by atoms with E-state index in [-0.39, 0.29) is 40.5 Å². The fraction of sp³-hybridized carbons (Fsp3) is 0.600. The van der Waals surface area contributed by atoms with Gasteiger partial charge in [-0.1, -0.05) is 26.8 Å². The number of rotatable bonds is 0. The average Bonchev–Trinajstić information content (AvgIpc) is 2.66. The molecule has 2 heterocycles. The van der Waals surface area contributed by atoms with Crippen LogP contribution in [0.15, 0.2) is 18.2 Å². The summed E-state index contributed by atoms with van der Waals surface area (Å²) in [5, 5.41) is 21.8. The number of aliphatic hydroxyl groups is 1. The van der Waals surface area contributed by atoms with Gasteiger partial charge in [0.05, 0.1) is 6.10 Å². The fourth-order valence-electron chi connectivity index (χ4n) is 6.83. The van der Waals surface area contributed by atoms with Gasteiger partial charge in [0.1, 0.15) is 28.8 Å². The molecule has 1 aromatic carbocycles. The van der Waals surface area contributed by atoms with E-state index in [9.17, 15) is 19.8 Å². The number of ether oxygens (including phenoxy) is 2. The highest BCUT2D eigenvalue weighted by Crippen LogP contribution is 2.62. The number of benzene rings is 1. The van der Waals surface area contributed by atoms with Crippen molar-refractivity contribution >= 4 is 11.8 Å². The minimum atomic E-state index is -0.874. The molecule has 0 aromatic heterocycles. The number of carbonyl (C=O) groups excluding carboxylic acids is 2. The van der Waals surface area contributed by atoms with E-state index in [1.807, 2.05) is 33.8 Å². The summed E-state index contributed by atoms with van der Waals surface area (Å²) in [4.78, 5) is 25.2. The van der Waals surface area contributed by atoms with Gasteiger partial charge in [0.2, 0.25) is 0 Å². The molecular weight excluding hydrogens is 396 g/mol. The second-order valence-corrected chi connectivity index (χ2v) is 10.8. The van der Waals surface area contributed by atoms with Crippen molar-refractivity contribution in [3.63, 3.8) is 0 Å². The molecule has 4 aliphatic rings. The van der Waals surface area contributed by atoms with Gasteiger partial charge in [-0.15, -0.1) is 0 Å². The fourth-order valence-corrected chi connectivity index (χ4v) is 6.83. The van der Waals surface area contributed by atoms with Crippen LogP contribution in [0.4, 0.5) is 0 Å². The number of phenolic OH excluding ortho intramolecular Hbond substituents is 1. The first-order valence-corrected chi connectivity index (χ1v) is 11.1. The molecule has 2 aliphatic heterocycles. The summed E-state index contributed by atoms with van der Waals surface area (Å²) < 4.78 is 11.8. The third kappa shape index (κ3) is 2.54. The number of hydrogen-bond acceptors (Lipinski definition) is 6. The number of aromatic hydroxyl groups is 1. The maximum Gasteiger partial charge on any atom is 0.342 e. The van der Waals surface area contributed by atoms with Gasteiger partial charge in [-0.25, -0.2) is 4.79 Å². The minimum absolute atomic E-state index is 0.0347. The smallest absolute Gasteiger partial charge is 0.342 e. The number of fused-ring (bicyclic) bond motifs is 6. The van der Waals surface area contributed by atoms with Crippen molar-refractivity contribution in [2.45, 2.75) is 71.7 Å². The number of allylic oxidation sites excluding steroid dienone is 2. The number of cyclic esters (lactones) is 1. The first-order chi connectivity index (χ1) is 14.4. The van der Waals surface area contributed by atoms with Crippen LogP contribution < -0.4 is 4.74 Å². The van der Waals surface area contributed by atoms with Crippen LogP contribution in [0.2, 0.25) is 0 Å². The standard InChI is InChI=1S/C25H30O6/c1-12-8-14-13-9-18-24(4)7-6-19(27)23(2,3)17(24)11-20(28)25(18,5)31-16(13)10-15(26)21(14)22(29)30-12/h6-7,10,12,17-18,20,26,28H,8-9,11H2,1-5H3. The topological polar surface area (TPSA) is 93.1 Å². The van der Waals surface area contributed by atoms with Gasteiger partial charge in [-0.05, 0) is 55.2 Å². The molecule has 1 saturated carbocycles. The van der Waals surface area contributed by atoms with Crippen molar-refractivity contribution in [1.82, 2.24) is 0 Å².